The maximum absolute atomic E-state index is 9.48. The van der Waals surface area contributed by atoms with Gasteiger partial charge in [-0.25, -0.2) is 0 Å². The van der Waals surface area contributed by atoms with Crippen molar-refractivity contribution < 1.29 is 9.84 Å². The Balaban J connectivity index is 3.94. The first-order valence-electron chi connectivity index (χ1n) is 3.30. The molecule has 0 radical (unpaired) electrons. The fraction of sp³-hybridized carbons (Fsp3) is 1.00. The Morgan fingerprint density at radius 3 is 2.20 bits per heavy atom. The van der Waals surface area contributed by atoms with Crippen LogP contribution in [0.25, 0.3) is 0 Å². The number of nitrogens with zero attached hydrogens (tertiary/aromatic N) is 1. The fourth-order valence-electron chi connectivity index (χ4n) is 0.602. The summed E-state index contributed by atoms with van der Waals surface area (Å²) < 4.78 is 5.00. The molecule has 1 atom stereocenters. The van der Waals surface area contributed by atoms with Crippen LogP contribution in [0.1, 0.15) is 6.92 Å². The summed E-state index contributed by atoms with van der Waals surface area (Å²) >= 11 is 0. The number of nitrogens with two attached hydrogens (primary N) is 1. The van der Waals surface area contributed by atoms with Crippen molar-refractivity contribution in [3.63, 3.8) is 0 Å². The summed E-state index contributed by atoms with van der Waals surface area (Å²) in [7, 11) is 3.42. The van der Waals surface area contributed by atoms with Gasteiger partial charge in [0.15, 0.2) is 0 Å². The molecule has 0 rings (SSSR count). The summed E-state index contributed by atoms with van der Waals surface area (Å²) in [6, 6.07) is 0. The Morgan fingerprint density at radius 2 is 2.10 bits per heavy atom. The van der Waals surface area contributed by atoms with Crippen LogP contribution < -0.4 is 5.73 Å². The second-order valence-corrected chi connectivity index (χ2v) is 2.27. The van der Waals surface area contributed by atoms with Gasteiger partial charge in [0.1, 0.15) is 0 Å². The van der Waals surface area contributed by atoms with Crippen LogP contribution in [0.5, 0.6) is 0 Å². The van der Waals surface area contributed by atoms with E-state index in [1.165, 1.54) is 4.90 Å². The lowest BCUT2D eigenvalue weighted by Crippen LogP contribution is -2.52. The van der Waals surface area contributed by atoms with Crippen LogP contribution in [0.3, 0.4) is 0 Å². The summed E-state index contributed by atoms with van der Waals surface area (Å²) in [5.74, 6) is -1.30. The van der Waals surface area contributed by atoms with Gasteiger partial charge in [-0.2, -0.15) is 0 Å². The van der Waals surface area contributed by atoms with E-state index in [0.717, 1.165) is 0 Å². The molecule has 0 spiro atoms. The zero-order valence-corrected chi connectivity index (χ0v) is 6.79. The van der Waals surface area contributed by atoms with E-state index < -0.39 is 5.91 Å². The van der Waals surface area contributed by atoms with Crippen molar-refractivity contribution in [3.8, 4) is 0 Å². The first kappa shape index (κ1) is 9.84. The van der Waals surface area contributed by atoms with E-state index in [4.69, 9.17) is 10.5 Å². The van der Waals surface area contributed by atoms with E-state index in [2.05, 4.69) is 0 Å². The van der Waals surface area contributed by atoms with E-state index in [1.54, 1.807) is 14.1 Å². The molecule has 4 nitrogen and oxygen atoms in total. The molecular weight excluding hydrogens is 132 g/mol. The maximum atomic E-state index is 9.48. The average Bonchev–Trinajstić information content (AvgIpc) is 1.88. The number of hydrogen-bond acceptors (Lipinski definition) is 4. The van der Waals surface area contributed by atoms with E-state index in [-0.39, 0.29) is 6.54 Å². The number of rotatable bonds is 4. The Hall–Kier alpha value is -0.160. The van der Waals surface area contributed by atoms with Crippen LogP contribution in [0.4, 0.5) is 0 Å². The van der Waals surface area contributed by atoms with Crippen molar-refractivity contribution in [2.75, 3.05) is 27.2 Å². The Morgan fingerprint density at radius 1 is 1.60 bits per heavy atom. The van der Waals surface area contributed by atoms with Crippen molar-refractivity contribution in [2.24, 2.45) is 5.73 Å². The zero-order chi connectivity index (χ0) is 8.20. The molecule has 0 aliphatic carbocycles. The van der Waals surface area contributed by atoms with Gasteiger partial charge in [0.05, 0.1) is 6.54 Å². The molecule has 0 fully saturated rings. The molecule has 1 unspecified atom stereocenters. The molecule has 0 bridgehead atoms. The van der Waals surface area contributed by atoms with Crippen molar-refractivity contribution in [1.82, 2.24) is 4.90 Å². The predicted molar refractivity (Wildman–Crippen MR) is 39.3 cm³/mol. The molecule has 0 aromatic heterocycles. The third-order valence-electron chi connectivity index (χ3n) is 1.34. The fourth-order valence-corrected chi connectivity index (χ4v) is 0.602. The maximum Gasteiger partial charge on any atom is 0.239 e. The number of hydrogen-bond donors (Lipinski definition) is 2. The molecular formula is C6H16N2O2. The van der Waals surface area contributed by atoms with E-state index >= 15 is 0 Å². The highest BCUT2D eigenvalue weighted by molar-refractivity contribution is 4.63. The van der Waals surface area contributed by atoms with Gasteiger partial charge >= 0.3 is 0 Å². The topological polar surface area (TPSA) is 58.7 Å². The van der Waals surface area contributed by atoms with Gasteiger partial charge in [0.2, 0.25) is 5.91 Å². The minimum atomic E-state index is -1.30. The van der Waals surface area contributed by atoms with Gasteiger partial charge in [-0.15, -0.1) is 0 Å². The van der Waals surface area contributed by atoms with Crippen molar-refractivity contribution >= 4 is 0 Å². The monoisotopic (exact) mass is 148 g/mol. The molecule has 0 saturated heterocycles. The lowest BCUT2D eigenvalue weighted by Gasteiger charge is -2.32. The lowest BCUT2D eigenvalue weighted by atomic mass is 10.4. The quantitative estimate of drug-likeness (QED) is 0.512. The normalized spacial score (nSPS) is 17.4. The highest BCUT2D eigenvalue weighted by atomic mass is 16.6. The molecule has 0 aliphatic rings. The van der Waals surface area contributed by atoms with Crippen molar-refractivity contribution in [1.29, 1.82) is 0 Å². The zero-order valence-electron chi connectivity index (χ0n) is 6.79. The van der Waals surface area contributed by atoms with Gasteiger partial charge in [0.25, 0.3) is 0 Å². The number of ether oxygens (including phenoxy) is 1. The third-order valence-corrected chi connectivity index (χ3v) is 1.34. The highest BCUT2D eigenvalue weighted by Gasteiger charge is 2.27. The first-order chi connectivity index (χ1) is 4.56. The van der Waals surface area contributed by atoms with E-state index in [1.807, 2.05) is 6.92 Å². The Bertz CT molecular complexity index is 97.7. The SMILES string of the molecule is CCOC(O)(CN)N(C)C. The average molecular weight is 148 g/mol. The number of aliphatic hydroxyl groups is 1. The largest absolute Gasteiger partial charge is 0.352 e. The number of likely N-dealkylation sites (N-methyl/N-ethyl adjacent to an activating group) is 1. The first-order valence-corrected chi connectivity index (χ1v) is 3.30. The molecule has 62 valence electrons. The summed E-state index contributed by atoms with van der Waals surface area (Å²) in [6.45, 7) is 2.34. The van der Waals surface area contributed by atoms with Gasteiger partial charge < -0.3 is 15.6 Å². The summed E-state index contributed by atoms with van der Waals surface area (Å²) in [5.41, 5.74) is 5.28. The van der Waals surface area contributed by atoms with Crippen LogP contribution >= 0.6 is 0 Å². The van der Waals surface area contributed by atoms with Crippen LogP contribution in [0.2, 0.25) is 0 Å². The minimum absolute atomic E-state index is 0.0772. The van der Waals surface area contributed by atoms with Crippen molar-refractivity contribution in [2.45, 2.75) is 12.8 Å². The molecule has 0 aromatic rings. The lowest BCUT2D eigenvalue weighted by molar-refractivity contribution is -0.270. The predicted octanol–water partition coefficient (Wildman–Crippen LogP) is -0.811. The van der Waals surface area contributed by atoms with Crippen LogP contribution in [-0.4, -0.2) is 43.2 Å². The van der Waals surface area contributed by atoms with Gasteiger partial charge in [0, 0.05) is 6.61 Å². The van der Waals surface area contributed by atoms with Crippen LogP contribution in [0.15, 0.2) is 0 Å². The summed E-state index contributed by atoms with van der Waals surface area (Å²) in [4.78, 5) is 1.54. The van der Waals surface area contributed by atoms with E-state index in [0.29, 0.717) is 6.61 Å². The molecule has 0 aliphatic heterocycles. The molecule has 4 heteroatoms. The Labute approximate surface area is 61.6 Å². The van der Waals surface area contributed by atoms with E-state index in [9.17, 15) is 5.11 Å². The van der Waals surface area contributed by atoms with Crippen LogP contribution in [0, 0.1) is 0 Å². The molecule has 0 aromatic carbocycles. The highest BCUT2D eigenvalue weighted by Crippen LogP contribution is 2.06. The summed E-state index contributed by atoms with van der Waals surface area (Å²) in [5, 5.41) is 9.48. The van der Waals surface area contributed by atoms with Gasteiger partial charge in [-0.05, 0) is 21.0 Å². The molecule has 0 saturated carbocycles. The second kappa shape index (κ2) is 3.88. The third kappa shape index (κ3) is 2.22. The Kier molecular flexibility index (Phi) is 3.81. The van der Waals surface area contributed by atoms with Crippen molar-refractivity contribution in [3.05, 3.63) is 0 Å². The summed E-state index contributed by atoms with van der Waals surface area (Å²) in [6.07, 6.45) is 0. The van der Waals surface area contributed by atoms with Crippen LogP contribution in [-0.2, 0) is 4.74 Å². The standard InChI is InChI=1S/C6H16N2O2/c1-4-10-6(9,5-7)8(2)3/h9H,4-5,7H2,1-3H3. The van der Waals surface area contributed by atoms with Gasteiger partial charge in [-0.3, -0.25) is 4.90 Å². The molecule has 0 heterocycles. The molecule has 0 amide bonds. The second-order valence-electron chi connectivity index (χ2n) is 2.27. The smallest absolute Gasteiger partial charge is 0.239 e. The molecule has 10 heavy (non-hydrogen) atoms. The van der Waals surface area contributed by atoms with Gasteiger partial charge in [-0.1, -0.05) is 0 Å². The minimum Gasteiger partial charge on any atom is -0.352 e. The molecule has 3 N–H and O–H groups in total.